The summed E-state index contributed by atoms with van der Waals surface area (Å²) in [6.45, 7) is 5.08. The third kappa shape index (κ3) is 2.10. The van der Waals surface area contributed by atoms with Crippen LogP contribution in [0.1, 0.15) is 45.6 Å². The first kappa shape index (κ1) is 11.9. The van der Waals surface area contributed by atoms with Crippen LogP contribution in [-0.4, -0.2) is 9.55 Å². The van der Waals surface area contributed by atoms with Crippen molar-refractivity contribution in [2.75, 3.05) is 0 Å². The van der Waals surface area contributed by atoms with Crippen molar-refractivity contribution >= 4 is 11.3 Å². The van der Waals surface area contributed by atoms with Crippen LogP contribution >= 0.6 is 11.3 Å². The lowest BCUT2D eigenvalue weighted by atomic mass is 9.92. The highest BCUT2D eigenvalue weighted by molar-refractivity contribution is 7.11. The molecule has 18 heavy (non-hydrogen) atoms. The van der Waals surface area contributed by atoms with Gasteiger partial charge in [-0.2, -0.15) is 0 Å². The van der Waals surface area contributed by atoms with Gasteiger partial charge in [0, 0.05) is 23.3 Å². The maximum Gasteiger partial charge on any atom is 0.113 e. The van der Waals surface area contributed by atoms with E-state index in [4.69, 9.17) is 5.73 Å². The zero-order valence-corrected chi connectivity index (χ0v) is 11.8. The normalized spacial score (nSPS) is 18.9. The van der Waals surface area contributed by atoms with Crippen LogP contribution in [0.4, 0.5) is 0 Å². The van der Waals surface area contributed by atoms with E-state index in [0.717, 1.165) is 18.7 Å². The van der Waals surface area contributed by atoms with E-state index in [1.54, 1.807) is 11.3 Å². The van der Waals surface area contributed by atoms with Crippen molar-refractivity contribution < 1.29 is 0 Å². The number of fused-ring (bicyclic) bond motifs is 1. The SMILES string of the molecule is Cc1nc(Cn2cc3c(c2)C(N)CCC3)sc1C. The van der Waals surface area contributed by atoms with Crippen molar-refractivity contribution in [2.24, 2.45) is 5.73 Å². The second kappa shape index (κ2) is 4.52. The molecule has 0 bridgehead atoms. The van der Waals surface area contributed by atoms with Crippen molar-refractivity contribution in [3.63, 3.8) is 0 Å². The van der Waals surface area contributed by atoms with Crippen LogP contribution in [0.2, 0.25) is 0 Å². The Morgan fingerprint density at radius 1 is 1.44 bits per heavy atom. The Balaban J connectivity index is 1.85. The molecule has 1 aliphatic carbocycles. The molecule has 0 aliphatic heterocycles. The number of hydrogen-bond acceptors (Lipinski definition) is 3. The average molecular weight is 261 g/mol. The molecule has 1 unspecified atom stereocenters. The summed E-state index contributed by atoms with van der Waals surface area (Å²) in [5.74, 6) is 0. The summed E-state index contributed by atoms with van der Waals surface area (Å²) < 4.78 is 2.24. The first-order valence-electron chi connectivity index (χ1n) is 6.50. The third-order valence-corrected chi connectivity index (χ3v) is 4.81. The number of thiazole rings is 1. The molecular formula is C14H19N3S. The minimum Gasteiger partial charge on any atom is -0.347 e. The Labute approximate surface area is 112 Å². The monoisotopic (exact) mass is 261 g/mol. The van der Waals surface area contributed by atoms with E-state index in [2.05, 4.69) is 35.8 Å². The Morgan fingerprint density at radius 3 is 2.94 bits per heavy atom. The smallest absolute Gasteiger partial charge is 0.113 e. The highest BCUT2D eigenvalue weighted by Gasteiger charge is 2.19. The van der Waals surface area contributed by atoms with E-state index in [1.807, 2.05) is 0 Å². The Kier molecular flexibility index (Phi) is 2.99. The largest absolute Gasteiger partial charge is 0.347 e. The number of aromatic nitrogens is 2. The van der Waals surface area contributed by atoms with Crippen LogP contribution in [0, 0.1) is 13.8 Å². The molecule has 0 saturated carbocycles. The molecule has 2 N–H and O–H groups in total. The van der Waals surface area contributed by atoms with E-state index in [-0.39, 0.29) is 6.04 Å². The fraction of sp³-hybridized carbons (Fsp3) is 0.500. The molecule has 0 saturated heterocycles. The quantitative estimate of drug-likeness (QED) is 0.903. The minimum absolute atomic E-state index is 0.231. The molecule has 4 heteroatoms. The van der Waals surface area contributed by atoms with Gasteiger partial charge in [0.05, 0.1) is 12.2 Å². The van der Waals surface area contributed by atoms with Gasteiger partial charge in [-0.15, -0.1) is 11.3 Å². The van der Waals surface area contributed by atoms with Gasteiger partial charge in [0.25, 0.3) is 0 Å². The summed E-state index contributed by atoms with van der Waals surface area (Å²) in [6.07, 6.45) is 7.97. The van der Waals surface area contributed by atoms with Gasteiger partial charge >= 0.3 is 0 Å². The minimum atomic E-state index is 0.231. The Morgan fingerprint density at radius 2 is 2.28 bits per heavy atom. The molecule has 0 aromatic carbocycles. The summed E-state index contributed by atoms with van der Waals surface area (Å²) in [5, 5.41) is 1.19. The first-order chi connectivity index (χ1) is 8.63. The number of hydrogen-bond donors (Lipinski definition) is 1. The molecule has 0 fully saturated rings. The van der Waals surface area contributed by atoms with Gasteiger partial charge in [0.15, 0.2) is 0 Å². The standard InChI is InChI=1S/C14H19N3S/c1-9-10(2)18-14(16-9)8-17-6-11-4-3-5-13(15)12(11)7-17/h6-7,13H,3-5,8,15H2,1-2H3. The fourth-order valence-electron chi connectivity index (χ4n) is 2.64. The summed E-state index contributed by atoms with van der Waals surface area (Å²) in [5.41, 5.74) is 10.1. The third-order valence-electron chi connectivity index (χ3n) is 3.75. The second-order valence-electron chi connectivity index (χ2n) is 5.16. The molecule has 96 valence electrons. The maximum atomic E-state index is 6.15. The summed E-state index contributed by atoms with van der Waals surface area (Å²) in [7, 11) is 0. The van der Waals surface area contributed by atoms with Crippen molar-refractivity contribution in [1.82, 2.24) is 9.55 Å². The van der Waals surface area contributed by atoms with Crippen LogP contribution in [0.5, 0.6) is 0 Å². The van der Waals surface area contributed by atoms with E-state index < -0.39 is 0 Å². The zero-order valence-electron chi connectivity index (χ0n) is 10.9. The summed E-state index contributed by atoms with van der Waals surface area (Å²) in [6, 6.07) is 0.231. The van der Waals surface area contributed by atoms with Crippen LogP contribution in [0.3, 0.4) is 0 Å². The van der Waals surface area contributed by atoms with Gasteiger partial charge in [-0.25, -0.2) is 4.98 Å². The molecular weight excluding hydrogens is 242 g/mol. The predicted molar refractivity (Wildman–Crippen MR) is 75.0 cm³/mol. The first-order valence-corrected chi connectivity index (χ1v) is 7.32. The van der Waals surface area contributed by atoms with Crippen molar-refractivity contribution in [1.29, 1.82) is 0 Å². The highest BCUT2D eigenvalue weighted by Crippen LogP contribution is 2.29. The van der Waals surface area contributed by atoms with Gasteiger partial charge in [-0.1, -0.05) is 0 Å². The highest BCUT2D eigenvalue weighted by atomic mass is 32.1. The van der Waals surface area contributed by atoms with E-state index in [1.165, 1.54) is 33.9 Å². The number of nitrogens with zero attached hydrogens (tertiary/aromatic N) is 2. The molecule has 0 spiro atoms. The zero-order chi connectivity index (χ0) is 12.7. The van der Waals surface area contributed by atoms with Gasteiger partial charge < -0.3 is 10.3 Å². The molecule has 3 rings (SSSR count). The van der Waals surface area contributed by atoms with Crippen molar-refractivity contribution in [3.05, 3.63) is 39.1 Å². The molecule has 2 aromatic rings. The molecule has 1 atom stereocenters. The molecule has 0 radical (unpaired) electrons. The topological polar surface area (TPSA) is 43.8 Å². The Bertz CT molecular complexity index is 548. The van der Waals surface area contributed by atoms with Crippen LogP contribution in [0.25, 0.3) is 0 Å². The lowest BCUT2D eigenvalue weighted by Crippen LogP contribution is -2.15. The Hall–Kier alpha value is -1.13. The number of aryl methyl sites for hydroxylation is 3. The molecule has 0 amide bonds. The molecule has 2 aromatic heterocycles. The van der Waals surface area contributed by atoms with E-state index >= 15 is 0 Å². The van der Waals surface area contributed by atoms with Gasteiger partial charge in [-0.3, -0.25) is 0 Å². The maximum absolute atomic E-state index is 6.15. The lowest BCUT2D eigenvalue weighted by molar-refractivity contribution is 0.573. The van der Waals surface area contributed by atoms with E-state index in [9.17, 15) is 0 Å². The van der Waals surface area contributed by atoms with Gasteiger partial charge in [-0.05, 0) is 44.2 Å². The van der Waals surface area contributed by atoms with E-state index in [0.29, 0.717) is 0 Å². The summed E-state index contributed by atoms with van der Waals surface area (Å²) >= 11 is 1.79. The molecule has 1 aliphatic rings. The average Bonchev–Trinajstić information content (AvgIpc) is 2.85. The summed E-state index contributed by atoms with van der Waals surface area (Å²) in [4.78, 5) is 5.92. The van der Waals surface area contributed by atoms with Crippen LogP contribution in [-0.2, 0) is 13.0 Å². The van der Waals surface area contributed by atoms with Crippen molar-refractivity contribution in [2.45, 2.75) is 45.7 Å². The fourth-order valence-corrected chi connectivity index (χ4v) is 3.58. The lowest BCUT2D eigenvalue weighted by Gasteiger charge is -2.17. The number of rotatable bonds is 2. The molecule has 2 heterocycles. The van der Waals surface area contributed by atoms with Gasteiger partial charge in [0.1, 0.15) is 5.01 Å². The van der Waals surface area contributed by atoms with Gasteiger partial charge in [0.2, 0.25) is 0 Å². The van der Waals surface area contributed by atoms with Crippen molar-refractivity contribution in [3.8, 4) is 0 Å². The van der Waals surface area contributed by atoms with Crippen LogP contribution < -0.4 is 5.73 Å². The predicted octanol–water partition coefficient (Wildman–Crippen LogP) is 2.95. The molecule has 3 nitrogen and oxygen atoms in total. The van der Waals surface area contributed by atoms with Crippen LogP contribution in [0.15, 0.2) is 12.4 Å². The number of nitrogens with two attached hydrogens (primary N) is 1. The second-order valence-corrected chi connectivity index (χ2v) is 6.45.